The lowest BCUT2D eigenvalue weighted by molar-refractivity contribution is -0.141. The molecule has 3 heterocycles. The Kier molecular flexibility index (Phi) is 4.30. The van der Waals surface area contributed by atoms with E-state index in [-0.39, 0.29) is 23.8 Å². The molecule has 1 aromatic carbocycles. The van der Waals surface area contributed by atoms with Gasteiger partial charge >= 0.3 is 0 Å². The van der Waals surface area contributed by atoms with Gasteiger partial charge in [0.25, 0.3) is 0 Å². The first-order valence-corrected chi connectivity index (χ1v) is 8.88. The SMILES string of the molecule is O=C(C1CCC(=O)N1Cc1ccccc1)N1CCC(c2ccco2)C1. The lowest BCUT2D eigenvalue weighted by Crippen LogP contribution is -2.45. The number of hydrogen-bond donors (Lipinski definition) is 0. The number of carbonyl (C=O) groups excluding carboxylic acids is 2. The highest BCUT2D eigenvalue weighted by Crippen LogP contribution is 2.30. The van der Waals surface area contributed by atoms with Gasteiger partial charge in [0.05, 0.1) is 6.26 Å². The Bertz CT molecular complexity index is 742. The van der Waals surface area contributed by atoms with Crippen molar-refractivity contribution >= 4 is 11.8 Å². The molecule has 2 saturated heterocycles. The molecule has 2 amide bonds. The van der Waals surface area contributed by atoms with Crippen LogP contribution in [0.15, 0.2) is 53.1 Å². The Morgan fingerprint density at radius 1 is 1.12 bits per heavy atom. The number of furan rings is 1. The molecule has 1 aromatic heterocycles. The molecule has 2 atom stereocenters. The summed E-state index contributed by atoms with van der Waals surface area (Å²) < 4.78 is 5.49. The van der Waals surface area contributed by atoms with E-state index in [1.54, 1.807) is 11.2 Å². The highest BCUT2D eigenvalue weighted by Gasteiger charge is 2.40. The van der Waals surface area contributed by atoms with Crippen LogP contribution in [-0.2, 0) is 16.1 Å². The summed E-state index contributed by atoms with van der Waals surface area (Å²) >= 11 is 0. The summed E-state index contributed by atoms with van der Waals surface area (Å²) in [7, 11) is 0. The molecule has 0 spiro atoms. The summed E-state index contributed by atoms with van der Waals surface area (Å²) in [6.45, 7) is 1.91. The number of rotatable bonds is 4. The van der Waals surface area contributed by atoms with E-state index in [9.17, 15) is 9.59 Å². The van der Waals surface area contributed by atoms with Crippen molar-refractivity contribution in [2.24, 2.45) is 0 Å². The first kappa shape index (κ1) is 15.9. The second-order valence-electron chi connectivity index (χ2n) is 6.85. The maximum Gasteiger partial charge on any atom is 0.245 e. The van der Waals surface area contributed by atoms with Gasteiger partial charge in [0.1, 0.15) is 11.8 Å². The van der Waals surface area contributed by atoms with E-state index >= 15 is 0 Å². The van der Waals surface area contributed by atoms with Crippen LogP contribution in [0, 0.1) is 0 Å². The Hall–Kier alpha value is -2.56. The fourth-order valence-corrected chi connectivity index (χ4v) is 3.90. The van der Waals surface area contributed by atoms with E-state index in [1.165, 1.54) is 0 Å². The molecule has 4 rings (SSSR count). The van der Waals surface area contributed by atoms with Crippen LogP contribution in [0.25, 0.3) is 0 Å². The van der Waals surface area contributed by atoms with Gasteiger partial charge in [-0.05, 0) is 30.5 Å². The van der Waals surface area contributed by atoms with E-state index in [2.05, 4.69) is 0 Å². The van der Waals surface area contributed by atoms with Crippen LogP contribution in [0.4, 0.5) is 0 Å². The fraction of sp³-hybridized carbons (Fsp3) is 0.400. The van der Waals surface area contributed by atoms with Crippen LogP contribution < -0.4 is 0 Å². The molecule has 0 N–H and O–H groups in total. The molecule has 0 bridgehead atoms. The van der Waals surface area contributed by atoms with Crippen molar-refractivity contribution in [3.05, 3.63) is 60.1 Å². The van der Waals surface area contributed by atoms with E-state index in [0.717, 1.165) is 24.3 Å². The van der Waals surface area contributed by atoms with Gasteiger partial charge in [0, 0.05) is 32.0 Å². The predicted molar refractivity (Wildman–Crippen MR) is 92.7 cm³/mol. The van der Waals surface area contributed by atoms with Gasteiger partial charge in [0.2, 0.25) is 11.8 Å². The highest BCUT2D eigenvalue weighted by atomic mass is 16.3. The molecule has 2 unspecified atom stereocenters. The normalized spacial score (nSPS) is 23.4. The minimum atomic E-state index is -0.331. The summed E-state index contributed by atoms with van der Waals surface area (Å²) in [4.78, 5) is 29.0. The predicted octanol–water partition coefficient (Wildman–Crippen LogP) is 2.79. The van der Waals surface area contributed by atoms with Crippen LogP contribution in [-0.4, -0.2) is 40.7 Å². The third-order valence-electron chi connectivity index (χ3n) is 5.25. The van der Waals surface area contributed by atoms with E-state index in [0.29, 0.717) is 25.9 Å². The number of nitrogens with zero attached hydrogens (tertiary/aromatic N) is 2. The van der Waals surface area contributed by atoms with Crippen molar-refractivity contribution in [2.75, 3.05) is 13.1 Å². The Balaban J connectivity index is 1.44. The Morgan fingerprint density at radius 3 is 2.72 bits per heavy atom. The summed E-state index contributed by atoms with van der Waals surface area (Å²) in [5.41, 5.74) is 1.06. The van der Waals surface area contributed by atoms with Crippen molar-refractivity contribution in [3.8, 4) is 0 Å². The molecule has 2 aliphatic heterocycles. The lowest BCUT2D eigenvalue weighted by atomic mass is 10.1. The molecule has 2 aromatic rings. The highest BCUT2D eigenvalue weighted by molar-refractivity contribution is 5.91. The van der Waals surface area contributed by atoms with E-state index < -0.39 is 0 Å². The molecule has 25 heavy (non-hydrogen) atoms. The van der Waals surface area contributed by atoms with Gasteiger partial charge in [-0.1, -0.05) is 30.3 Å². The standard InChI is InChI=1S/C20H22N2O3/c23-19-9-8-17(22(19)13-15-5-2-1-3-6-15)20(24)21-11-10-16(14-21)18-7-4-12-25-18/h1-7,12,16-17H,8-11,13-14H2. The van der Waals surface area contributed by atoms with Crippen LogP contribution in [0.2, 0.25) is 0 Å². The molecule has 0 radical (unpaired) electrons. The van der Waals surface area contributed by atoms with Crippen LogP contribution in [0.5, 0.6) is 0 Å². The summed E-state index contributed by atoms with van der Waals surface area (Å²) in [6, 6.07) is 13.4. The third-order valence-corrected chi connectivity index (χ3v) is 5.25. The second-order valence-corrected chi connectivity index (χ2v) is 6.85. The molecule has 5 heteroatoms. The topological polar surface area (TPSA) is 53.8 Å². The van der Waals surface area contributed by atoms with Crippen molar-refractivity contribution in [3.63, 3.8) is 0 Å². The van der Waals surface area contributed by atoms with Gasteiger partial charge in [-0.2, -0.15) is 0 Å². The zero-order valence-electron chi connectivity index (χ0n) is 14.1. The minimum absolute atomic E-state index is 0.0731. The van der Waals surface area contributed by atoms with Crippen molar-refractivity contribution in [1.29, 1.82) is 0 Å². The quantitative estimate of drug-likeness (QED) is 0.861. The van der Waals surface area contributed by atoms with Crippen LogP contribution in [0.1, 0.15) is 36.5 Å². The average molecular weight is 338 g/mol. The molecular formula is C20H22N2O3. The van der Waals surface area contributed by atoms with Crippen LogP contribution >= 0.6 is 0 Å². The Morgan fingerprint density at radius 2 is 1.96 bits per heavy atom. The molecular weight excluding hydrogens is 316 g/mol. The number of amides is 2. The number of carbonyl (C=O) groups is 2. The maximum atomic E-state index is 13.0. The smallest absolute Gasteiger partial charge is 0.245 e. The first-order valence-electron chi connectivity index (χ1n) is 8.88. The van der Waals surface area contributed by atoms with E-state index in [4.69, 9.17) is 4.42 Å². The summed E-state index contributed by atoms with van der Waals surface area (Å²) in [6.07, 6.45) is 3.67. The third kappa shape index (κ3) is 3.18. The summed E-state index contributed by atoms with van der Waals surface area (Å²) in [5.74, 6) is 1.36. The number of likely N-dealkylation sites (tertiary alicyclic amines) is 2. The minimum Gasteiger partial charge on any atom is -0.469 e. The van der Waals surface area contributed by atoms with Gasteiger partial charge in [-0.25, -0.2) is 0 Å². The second kappa shape index (κ2) is 6.75. The van der Waals surface area contributed by atoms with Gasteiger partial charge in [0.15, 0.2) is 0 Å². The number of hydrogen-bond acceptors (Lipinski definition) is 3. The molecule has 0 aliphatic carbocycles. The monoisotopic (exact) mass is 338 g/mol. The van der Waals surface area contributed by atoms with Crippen molar-refractivity contribution in [1.82, 2.24) is 9.80 Å². The van der Waals surface area contributed by atoms with Crippen molar-refractivity contribution < 1.29 is 14.0 Å². The fourth-order valence-electron chi connectivity index (χ4n) is 3.90. The first-order chi connectivity index (χ1) is 12.2. The van der Waals surface area contributed by atoms with Gasteiger partial charge < -0.3 is 14.2 Å². The number of benzene rings is 1. The average Bonchev–Trinajstić information content (AvgIpc) is 3.37. The van der Waals surface area contributed by atoms with E-state index in [1.807, 2.05) is 47.4 Å². The van der Waals surface area contributed by atoms with Crippen molar-refractivity contribution in [2.45, 2.75) is 37.8 Å². The molecule has 2 fully saturated rings. The van der Waals surface area contributed by atoms with Gasteiger partial charge in [-0.3, -0.25) is 9.59 Å². The maximum absolute atomic E-state index is 13.0. The molecule has 5 nitrogen and oxygen atoms in total. The zero-order chi connectivity index (χ0) is 17.2. The Labute approximate surface area is 147 Å². The largest absolute Gasteiger partial charge is 0.469 e. The zero-order valence-corrected chi connectivity index (χ0v) is 14.1. The molecule has 130 valence electrons. The van der Waals surface area contributed by atoms with Gasteiger partial charge in [-0.15, -0.1) is 0 Å². The summed E-state index contributed by atoms with van der Waals surface area (Å²) in [5, 5.41) is 0. The molecule has 0 saturated carbocycles. The molecule has 2 aliphatic rings. The van der Waals surface area contributed by atoms with Crippen LogP contribution in [0.3, 0.4) is 0 Å². The lowest BCUT2D eigenvalue weighted by Gasteiger charge is -2.28.